The molecule has 0 radical (unpaired) electrons. The maximum Gasteiger partial charge on any atom is 0.257 e. The van der Waals surface area contributed by atoms with Crippen molar-refractivity contribution in [3.05, 3.63) is 23.8 Å². The van der Waals surface area contributed by atoms with E-state index in [4.69, 9.17) is 4.74 Å². The van der Waals surface area contributed by atoms with E-state index < -0.39 is 0 Å². The van der Waals surface area contributed by atoms with Gasteiger partial charge in [0.2, 0.25) is 0 Å². The van der Waals surface area contributed by atoms with E-state index in [0.717, 1.165) is 12.2 Å². The molecule has 1 aromatic carbocycles. The Bertz CT molecular complexity index is 455. The van der Waals surface area contributed by atoms with Crippen LogP contribution in [0.25, 0.3) is 0 Å². The summed E-state index contributed by atoms with van der Waals surface area (Å²) >= 11 is 0. The lowest BCUT2D eigenvalue weighted by Gasteiger charge is -2.36. The van der Waals surface area contributed by atoms with Gasteiger partial charge < -0.3 is 20.1 Å². The third-order valence-corrected chi connectivity index (χ3v) is 3.06. The molecule has 1 amide bonds. The van der Waals surface area contributed by atoms with Crippen molar-refractivity contribution >= 4 is 11.6 Å². The minimum absolute atomic E-state index is 0.0733. The van der Waals surface area contributed by atoms with Crippen molar-refractivity contribution in [3.8, 4) is 5.75 Å². The number of nitrogens with zero attached hydrogens (tertiary/aromatic N) is 1. The van der Waals surface area contributed by atoms with E-state index in [-0.39, 0.29) is 12.0 Å². The van der Waals surface area contributed by atoms with Gasteiger partial charge in [-0.1, -0.05) is 6.07 Å². The second-order valence-corrected chi connectivity index (χ2v) is 4.32. The first-order valence-electron chi connectivity index (χ1n) is 5.73. The Morgan fingerprint density at radius 3 is 3.06 bits per heavy atom. The first-order valence-corrected chi connectivity index (χ1v) is 5.73. The molecule has 0 aliphatic carbocycles. The molecule has 1 aromatic rings. The standard InChI is InChI=1S/C12H14N2O3/c15-8-6-14(7-8)12(16)9-2-1-3-10-11(9)17-5-4-13-10/h1-3,8,13,15H,4-7H2. The molecule has 3 rings (SSSR count). The minimum atomic E-state index is -0.377. The number of nitrogens with one attached hydrogen (secondary N) is 1. The number of aliphatic hydroxyl groups excluding tert-OH is 1. The second-order valence-electron chi connectivity index (χ2n) is 4.32. The third kappa shape index (κ3) is 1.72. The lowest BCUT2D eigenvalue weighted by molar-refractivity contribution is 0.00565. The Labute approximate surface area is 99.0 Å². The number of rotatable bonds is 1. The Balaban J connectivity index is 1.89. The highest BCUT2D eigenvalue weighted by atomic mass is 16.5. The topological polar surface area (TPSA) is 61.8 Å². The van der Waals surface area contributed by atoms with Crippen LogP contribution in [0.3, 0.4) is 0 Å². The van der Waals surface area contributed by atoms with Crippen molar-refractivity contribution in [1.82, 2.24) is 4.90 Å². The highest BCUT2D eigenvalue weighted by Crippen LogP contribution is 2.32. The Morgan fingerprint density at radius 2 is 2.29 bits per heavy atom. The summed E-state index contributed by atoms with van der Waals surface area (Å²) in [5.41, 5.74) is 1.43. The van der Waals surface area contributed by atoms with E-state index in [2.05, 4.69) is 5.32 Å². The molecule has 1 saturated heterocycles. The molecule has 0 saturated carbocycles. The fourth-order valence-electron chi connectivity index (χ4n) is 2.13. The number of para-hydroxylation sites is 1. The van der Waals surface area contributed by atoms with E-state index in [1.54, 1.807) is 11.0 Å². The Kier molecular flexibility index (Phi) is 2.40. The van der Waals surface area contributed by atoms with Crippen molar-refractivity contribution in [2.24, 2.45) is 0 Å². The van der Waals surface area contributed by atoms with E-state index in [9.17, 15) is 9.90 Å². The van der Waals surface area contributed by atoms with Gasteiger partial charge in [-0.2, -0.15) is 0 Å². The lowest BCUT2D eigenvalue weighted by atomic mass is 10.1. The number of ether oxygens (including phenoxy) is 1. The van der Waals surface area contributed by atoms with Gasteiger partial charge in [0, 0.05) is 19.6 Å². The normalized spacial score (nSPS) is 18.8. The molecule has 0 spiro atoms. The quantitative estimate of drug-likeness (QED) is 0.734. The number of likely N-dealkylation sites (tertiary alicyclic amines) is 1. The number of carbonyl (C=O) groups is 1. The van der Waals surface area contributed by atoms with Gasteiger partial charge >= 0.3 is 0 Å². The molecule has 0 atom stereocenters. The number of aliphatic hydroxyl groups is 1. The van der Waals surface area contributed by atoms with Crippen LogP contribution in [0.5, 0.6) is 5.75 Å². The van der Waals surface area contributed by atoms with Gasteiger partial charge in [0.05, 0.1) is 17.4 Å². The molecule has 1 fully saturated rings. The van der Waals surface area contributed by atoms with Crippen molar-refractivity contribution in [2.45, 2.75) is 6.10 Å². The summed E-state index contributed by atoms with van der Waals surface area (Å²) in [7, 11) is 0. The van der Waals surface area contributed by atoms with Crippen LogP contribution in [-0.4, -0.2) is 48.3 Å². The van der Waals surface area contributed by atoms with Crippen LogP contribution in [0.4, 0.5) is 5.69 Å². The van der Waals surface area contributed by atoms with Crippen LogP contribution in [0.15, 0.2) is 18.2 Å². The summed E-state index contributed by atoms with van der Waals surface area (Å²) in [6, 6.07) is 5.50. The molecule has 5 heteroatoms. The summed E-state index contributed by atoms with van der Waals surface area (Å²) in [5, 5.41) is 12.4. The van der Waals surface area contributed by atoms with Crippen molar-refractivity contribution in [3.63, 3.8) is 0 Å². The number of anilines is 1. The number of fused-ring (bicyclic) bond motifs is 1. The zero-order chi connectivity index (χ0) is 11.8. The average Bonchev–Trinajstić information content (AvgIpc) is 2.33. The second kappa shape index (κ2) is 3.92. The highest BCUT2D eigenvalue weighted by molar-refractivity contribution is 5.99. The number of benzene rings is 1. The molecule has 17 heavy (non-hydrogen) atoms. The van der Waals surface area contributed by atoms with Crippen LogP contribution < -0.4 is 10.1 Å². The zero-order valence-electron chi connectivity index (χ0n) is 9.35. The maximum absolute atomic E-state index is 12.2. The van der Waals surface area contributed by atoms with Crippen molar-refractivity contribution in [2.75, 3.05) is 31.6 Å². The zero-order valence-corrected chi connectivity index (χ0v) is 9.35. The van der Waals surface area contributed by atoms with Crippen LogP contribution in [0.2, 0.25) is 0 Å². The minimum Gasteiger partial charge on any atom is -0.489 e. The molecular formula is C12H14N2O3. The van der Waals surface area contributed by atoms with Gasteiger partial charge in [0.1, 0.15) is 6.61 Å². The molecule has 90 valence electrons. The smallest absolute Gasteiger partial charge is 0.257 e. The molecule has 0 unspecified atom stereocenters. The van der Waals surface area contributed by atoms with Gasteiger partial charge in [-0.3, -0.25) is 4.79 Å². The molecule has 2 aliphatic heterocycles. The summed E-state index contributed by atoms with van der Waals surface area (Å²) in [6.07, 6.45) is -0.377. The van der Waals surface area contributed by atoms with Crippen molar-refractivity contribution < 1.29 is 14.6 Å². The maximum atomic E-state index is 12.2. The van der Waals surface area contributed by atoms with E-state index in [1.165, 1.54) is 0 Å². The van der Waals surface area contributed by atoms with Crippen LogP contribution in [0.1, 0.15) is 10.4 Å². The average molecular weight is 234 g/mol. The molecule has 0 aromatic heterocycles. The summed E-state index contributed by atoms with van der Waals surface area (Å²) in [6.45, 7) is 2.15. The van der Waals surface area contributed by atoms with Gasteiger partial charge in [0.15, 0.2) is 5.75 Å². The van der Waals surface area contributed by atoms with Crippen LogP contribution in [0, 0.1) is 0 Å². The summed E-state index contributed by atoms with van der Waals surface area (Å²) < 4.78 is 5.55. The molecule has 5 nitrogen and oxygen atoms in total. The first kappa shape index (κ1) is 10.4. The SMILES string of the molecule is O=C(c1cccc2c1OCCN2)N1CC(O)C1. The number of hydrogen-bond donors (Lipinski definition) is 2. The monoisotopic (exact) mass is 234 g/mol. The van der Waals surface area contributed by atoms with Crippen molar-refractivity contribution in [1.29, 1.82) is 0 Å². The Morgan fingerprint density at radius 1 is 1.47 bits per heavy atom. The molecule has 2 N–H and O–H groups in total. The van der Waals surface area contributed by atoms with Gasteiger partial charge in [-0.15, -0.1) is 0 Å². The molecule has 2 aliphatic rings. The number of carbonyl (C=O) groups excluding carboxylic acids is 1. The highest BCUT2D eigenvalue weighted by Gasteiger charge is 2.31. The lowest BCUT2D eigenvalue weighted by Crippen LogP contribution is -2.53. The number of hydrogen-bond acceptors (Lipinski definition) is 4. The van der Waals surface area contributed by atoms with Crippen LogP contribution in [-0.2, 0) is 0 Å². The van der Waals surface area contributed by atoms with Gasteiger partial charge in [0.25, 0.3) is 5.91 Å². The fraction of sp³-hybridized carbons (Fsp3) is 0.417. The predicted octanol–water partition coefficient (Wildman–Crippen LogP) is 0.308. The van der Waals surface area contributed by atoms with E-state index in [1.807, 2.05) is 12.1 Å². The van der Waals surface area contributed by atoms with Gasteiger partial charge in [-0.05, 0) is 12.1 Å². The van der Waals surface area contributed by atoms with E-state index >= 15 is 0 Å². The number of β-amino-alcohol motifs (C(OH)–C–C–N with tert-alkyl or cyclic N) is 1. The summed E-state index contributed by atoms with van der Waals surface area (Å²) in [4.78, 5) is 13.8. The molecule has 2 heterocycles. The summed E-state index contributed by atoms with van der Waals surface area (Å²) in [5.74, 6) is 0.556. The first-order chi connectivity index (χ1) is 8.25. The van der Waals surface area contributed by atoms with Crippen LogP contribution >= 0.6 is 0 Å². The Hall–Kier alpha value is -1.75. The van der Waals surface area contributed by atoms with Gasteiger partial charge in [-0.25, -0.2) is 0 Å². The predicted molar refractivity (Wildman–Crippen MR) is 62.3 cm³/mol. The number of amides is 1. The third-order valence-electron chi connectivity index (χ3n) is 3.06. The largest absolute Gasteiger partial charge is 0.489 e. The fourth-order valence-corrected chi connectivity index (χ4v) is 2.13. The molecule has 0 bridgehead atoms. The van der Waals surface area contributed by atoms with E-state index in [0.29, 0.717) is 31.0 Å². The molecular weight excluding hydrogens is 220 g/mol.